The maximum absolute atomic E-state index is 12.0. The molecule has 0 atom stereocenters. The van der Waals surface area contributed by atoms with Crippen molar-refractivity contribution in [1.82, 2.24) is 0 Å². The number of ether oxygens (including phenoxy) is 1. The van der Waals surface area contributed by atoms with Crippen LogP contribution in [0.1, 0.15) is 5.56 Å². The van der Waals surface area contributed by atoms with Gasteiger partial charge in [0, 0.05) is 10.7 Å². The standard InChI is InChI=1S/C18H19ClN2O3S/c1-12-4-3-5-14(8-12)20-17(22)10-25-11-18(23)21-15-9-13(19)6-7-16(15)24-2/h3-9H,10-11H2,1-2H3,(H,20,22)(H,21,23). The summed E-state index contributed by atoms with van der Waals surface area (Å²) >= 11 is 7.16. The van der Waals surface area contributed by atoms with E-state index in [0.29, 0.717) is 16.5 Å². The number of amides is 2. The number of aryl methyl sites for hydroxylation is 1. The molecule has 2 aromatic carbocycles. The van der Waals surface area contributed by atoms with E-state index in [1.807, 2.05) is 31.2 Å². The second-order valence-corrected chi connectivity index (χ2v) is 6.73. The van der Waals surface area contributed by atoms with E-state index in [2.05, 4.69) is 10.6 Å². The molecule has 5 nitrogen and oxygen atoms in total. The van der Waals surface area contributed by atoms with Crippen molar-refractivity contribution in [1.29, 1.82) is 0 Å². The first kappa shape index (κ1) is 19.1. The molecule has 0 aliphatic carbocycles. The maximum atomic E-state index is 12.0. The lowest BCUT2D eigenvalue weighted by Gasteiger charge is -2.10. The number of rotatable bonds is 7. The fourth-order valence-electron chi connectivity index (χ4n) is 2.12. The van der Waals surface area contributed by atoms with E-state index >= 15 is 0 Å². The minimum atomic E-state index is -0.228. The van der Waals surface area contributed by atoms with Crippen molar-refractivity contribution in [2.75, 3.05) is 29.2 Å². The van der Waals surface area contributed by atoms with Crippen LogP contribution in [0.4, 0.5) is 11.4 Å². The highest BCUT2D eigenvalue weighted by molar-refractivity contribution is 8.00. The Hall–Kier alpha value is -2.18. The van der Waals surface area contributed by atoms with Crippen LogP contribution in [0.2, 0.25) is 5.02 Å². The number of nitrogens with one attached hydrogen (secondary N) is 2. The predicted octanol–water partition coefficient (Wildman–Crippen LogP) is 3.97. The van der Waals surface area contributed by atoms with Gasteiger partial charge in [-0.15, -0.1) is 11.8 Å². The van der Waals surface area contributed by atoms with Crippen LogP contribution in [0.25, 0.3) is 0 Å². The Bertz CT molecular complexity index is 768. The van der Waals surface area contributed by atoms with Crippen molar-refractivity contribution in [2.45, 2.75) is 6.92 Å². The van der Waals surface area contributed by atoms with Gasteiger partial charge < -0.3 is 15.4 Å². The van der Waals surface area contributed by atoms with E-state index in [-0.39, 0.29) is 23.3 Å². The summed E-state index contributed by atoms with van der Waals surface area (Å²) in [6, 6.07) is 12.5. The van der Waals surface area contributed by atoms with Crippen molar-refractivity contribution >= 4 is 46.6 Å². The van der Waals surface area contributed by atoms with Crippen molar-refractivity contribution in [3.05, 3.63) is 53.1 Å². The molecular weight excluding hydrogens is 360 g/mol. The molecule has 0 saturated heterocycles. The van der Waals surface area contributed by atoms with E-state index in [1.165, 1.54) is 18.9 Å². The van der Waals surface area contributed by atoms with Gasteiger partial charge in [-0.1, -0.05) is 23.7 Å². The van der Waals surface area contributed by atoms with Crippen LogP contribution in [0.15, 0.2) is 42.5 Å². The number of carbonyl (C=O) groups excluding carboxylic acids is 2. The van der Waals surface area contributed by atoms with E-state index < -0.39 is 0 Å². The van der Waals surface area contributed by atoms with Crippen LogP contribution < -0.4 is 15.4 Å². The first-order chi connectivity index (χ1) is 12.0. The zero-order chi connectivity index (χ0) is 18.2. The second kappa shape index (κ2) is 9.34. The lowest BCUT2D eigenvalue weighted by Crippen LogP contribution is -2.18. The molecule has 0 aliphatic rings. The third-order valence-corrected chi connectivity index (χ3v) is 4.37. The molecule has 0 aromatic heterocycles. The minimum absolute atomic E-state index is 0.149. The average Bonchev–Trinajstić information content (AvgIpc) is 2.55. The highest BCUT2D eigenvalue weighted by Gasteiger charge is 2.10. The molecule has 2 rings (SSSR count). The quantitative estimate of drug-likeness (QED) is 0.765. The Morgan fingerprint density at radius 3 is 2.48 bits per heavy atom. The predicted molar refractivity (Wildman–Crippen MR) is 104 cm³/mol. The molecule has 0 aliphatic heterocycles. The summed E-state index contributed by atoms with van der Waals surface area (Å²) in [6.45, 7) is 1.96. The summed E-state index contributed by atoms with van der Waals surface area (Å²) in [7, 11) is 1.52. The summed E-state index contributed by atoms with van der Waals surface area (Å²) in [4.78, 5) is 23.9. The van der Waals surface area contributed by atoms with Gasteiger partial charge in [-0.05, 0) is 42.8 Å². The molecule has 0 saturated carbocycles. The zero-order valence-corrected chi connectivity index (χ0v) is 15.5. The van der Waals surface area contributed by atoms with Crippen LogP contribution in [0.3, 0.4) is 0 Å². The van der Waals surface area contributed by atoms with Gasteiger partial charge in [0.05, 0.1) is 24.3 Å². The molecule has 0 unspecified atom stereocenters. The summed E-state index contributed by atoms with van der Waals surface area (Å²) in [5.74, 6) is 0.489. The lowest BCUT2D eigenvalue weighted by atomic mass is 10.2. The number of halogens is 1. The lowest BCUT2D eigenvalue weighted by molar-refractivity contribution is -0.114. The van der Waals surface area contributed by atoms with Crippen molar-refractivity contribution in [2.24, 2.45) is 0 Å². The third kappa shape index (κ3) is 6.32. The maximum Gasteiger partial charge on any atom is 0.234 e. The topological polar surface area (TPSA) is 67.4 Å². The first-order valence-corrected chi connectivity index (χ1v) is 9.09. The van der Waals surface area contributed by atoms with Crippen molar-refractivity contribution < 1.29 is 14.3 Å². The van der Waals surface area contributed by atoms with Crippen molar-refractivity contribution in [3.63, 3.8) is 0 Å². The summed E-state index contributed by atoms with van der Waals surface area (Å²) < 4.78 is 5.18. The van der Waals surface area contributed by atoms with E-state index in [1.54, 1.807) is 18.2 Å². The van der Waals surface area contributed by atoms with Gasteiger partial charge in [0.2, 0.25) is 11.8 Å². The number of hydrogen-bond donors (Lipinski definition) is 2. The molecule has 2 amide bonds. The number of thioether (sulfide) groups is 1. The normalized spacial score (nSPS) is 10.2. The van der Waals surface area contributed by atoms with Gasteiger partial charge in [-0.2, -0.15) is 0 Å². The first-order valence-electron chi connectivity index (χ1n) is 7.55. The Balaban J connectivity index is 1.78. The van der Waals surface area contributed by atoms with E-state index in [0.717, 1.165) is 11.3 Å². The molecule has 0 heterocycles. The molecule has 2 aromatic rings. The highest BCUT2D eigenvalue weighted by atomic mass is 35.5. The van der Waals surface area contributed by atoms with Gasteiger partial charge in [0.25, 0.3) is 0 Å². The van der Waals surface area contributed by atoms with Crippen LogP contribution in [0.5, 0.6) is 5.75 Å². The average molecular weight is 379 g/mol. The monoisotopic (exact) mass is 378 g/mol. The fourth-order valence-corrected chi connectivity index (χ4v) is 2.91. The van der Waals surface area contributed by atoms with Gasteiger partial charge in [0.15, 0.2) is 0 Å². The van der Waals surface area contributed by atoms with Gasteiger partial charge in [-0.3, -0.25) is 9.59 Å². The van der Waals surface area contributed by atoms with E-state index in [9.17, 15) is 9.59 Å². The summed E-state index contributed by atoms with van der Waals surface area (Å²) in [5.41, 5.74) is 2.32. The Morgan fingerprint density at radius 2 is 1.80 bits per heavy atom. The molecule has 7 heteroatoms. The van der Waals surface area contributed by atoms with Crippen LogP contribution in [-0.2, 0) is 9.59 Å². The number of hydrogen-bond acceptors (Lipinski definition) is 4. The summed E-state index contributed by atoms with van der Waals surface area (Å²) in [5, 5.41) is 6.04. The fraction of sp³-hybridized carbons (Fsp3) is 0.222. The Morgan fingerprint density at radius 1 is 1.08 bits per heavy atom. The number of benzene rings is 2. The van der Waals surface area contributed by atoms with Crippen LogP contribution in [0, 0.1) is 6.92 Å². The highest BCUT2D eigenvalue weighted by Crippen LogP contribution is 2.27. The van der Waals surface area contributed by atoms with Crippen LogP contribution >= 0.6 is 23.4 Å². The van der Waals surface area contributed by atoms with E-state index in [4.69, 9.17) is 16.3 Å². The van der Waals surface area contributed by atoms with Gasteiger partial charge in [-0.25, -0.2) is 0 Å². The molecule has 25 heavy (non-hydrogen) atoms. The zero-order valence-electron chi connectivity index (χ0n) is 14.0. The van der Waals surface area contributed by atoms with Crippen molar-refractivity contribution in [3.8, 4) is 5.75 Å². The minimum Gasteiger partial charge on any atom is -0.495 e. The number of carbonyl (C=O) groups is 2. The smallest absolute Gasteiger partial charge is 0.234 e. The molecule has 0 fully saturated rings. The SMILES string of the molecule is COc1ccc(Cl)cc1NC(=O)CSCC(=O)Nc1cccc(C)c1. The number of methoxy groups -OCH3 is 1. The molecule has 0 bridgehead atoms. The Kier molecular flexibility index (Phi) is 7.16. The third-order valence-electron chi connectivity index (χ3n) is 3.20. The molecule has 0 radical (unpaired) electrons. The second-order valence-electron chi connectivity index (χ2n) is 5.30. The van der Waals surface area contributed by atoms with Gasteiger partial charge >= 0.3 is 0 Å². The molecule has 2 N–H and O–H groups in total. The molecule has 132 valence electrons. The van der Waals surface area contributed by atoms with Crippen LogP contribution in [-0.4, -0.2) is 30.4 Å². The molecular formula is C18H19ClN2O3S. The Labute approximate surface area is 156 Å². The largest absolute Gasteiger partial charge is 0.495 e. The molecule has 0 spiro atoms. The summed E-state index contributed by atoms with van der Waals surface area (Å²) in [6.07, 6.45) is 0. The number of anilines is 2. The van der Waals surface area contributed by atoms with Gasteiger partial charge in [0.1, 0.15) is 5.75 Å².